The number of methoxy groups -OCH3 is 1. The predicted octanol–water partition coefficient (Wildman–Crippen LogP) is 3.96. The van der Waals surface area contributed by atoms with E-state index in [1.807, 2.05) is 0 Å². The van der Waals surface area contributed by atoms with E-state index in [1.54, 1.807) is 6.92 Å². The zero-order chi connectivity index (χ0) is 17.2. The lowest BCUT2D eigenvalue weighted by Crippen LogP contribution is -2.28. The average molecular weight is 363 g/mol. The Kier molecular flexibility index (Phi) is 5.20. The van der Waals surface area contributed by atoms with Crippen LogP contribution in [0, 0.1) is 0 Å². The van der Waals surface area contributed by atoms with Crippen molar-refractivity contribution in [1.29, 1.82) is 0 Å². The minimum absolute atomic E-state index is 0.000858. The van der Waals surface area contributed by atoms with Crippen molar-refractivity contribution < 1.29 is 27.4 Å². The Balaban J connectivity index is 2.45. The van der Waals surface area contributed by atoms with E-state index < -0.39 is 17.6 Å². The van der Waals surface area contributed by atoms with Gasteiger partial charge >= 0.3 is 6.18 Å². The van der Waals surface area contributed by atoms with Crippen molar-refractivity contribution in [2.45, 2.75) is 13.1 Å². The summed E-state index contributed by atoms with van der Waals surface area (Å²) in [6, 6.07) is 3.04. The summed E-state index contributed by atoms with van der Waals surface area (Å²) >= 11 is 6.06. The van der Waals surface area contributed by atoms with Gasteiger partial charge in [-0.3, -0.25) is 9.69 Å². The normalized spacial score (nSPS) is 17.1. The number of rotatable bonds is 4. The molecule has 0 unspecified atom stereocenters. The van der Waals surface area contributed by atoms with Gasteiger partial charge in [-0.15, -0.1) is 0 Å². The maximum atomic E-state index is 13.0. The Morgan fingerprint density at radius 2 is 2.04 bits per heavy atom. The van der Waals surface area contributed by atoms with Crippen LogP contribution in [0.4, 0.5) is 18.9 Å². The Bertz CT molecular complexity index is 674. The minimum atomic E-state index is -4.56. The van der Waals surface area contributed by atoms with E-state index in [9.17, 15) is 18.0 Å². The summed E-state index contributed by atoms with van der Waals surface area (Å²) in [6.07, 6.45) is -3.31. The topological polar surface area (TPSA) is 38.8 Å². The van der Waals surface area contributed by atoms with E-state index in [4.69, 9.17) is 21.7 Å². The molecule has 4 nitrogen and oxygen atoms in total. The Hall–Kier alpha value is -1.74. The summed E-state index contributed by atoms with van der Waals surface area (Å²) in [5, 5.41) is 0. The molecule has 0 atom stereocenters. The second-order valence-corrected chi connectivity index (χ2v) is 6.04. The summed E-state index contributed by atoms with van der Waals surface area (Å²) in [5.41, 5.74) is -0.922. The van der Waals surface area contributed by atoms with Gasteiger partial charge in [0, 0.05) is 6.07 Å². The van der Waals surface area contributed by atoms with E-state index in [0.717, 1.165) is 28.8 Å². The summed E-state index contributed by atoms with van der Waals surface area (Å²) in [4.78, 5) is 13.6. The number of halogens is 3. The number of hydrogen-bond acceptors (Lipinski definition) is 5. The molecule has 9 heteroatoms. The molecule has 0 N–H and O–H groups in total. The van der Waals surface area contributed by atoms with Crippen LogP contribution in [0.5, 0.6) is 5.75 Å². The summed E-state index contributed by atoms with van der Waals surface area (Å²) in [5.74, 6) is -0.549. The van der Waals surface area contributed by atoms with Gasteiger partial charge in [0.05, 0.1) is 25.0 Å². The molecule has 1 aromatic carbocycles. The summed E-state index contributed by atoms with van der Waals surface area (Å²) < 4.78 is 49.0. The van der Waals surface area contributed by atoms with Crippen molar-refractivity contribution in [3.05, 3.63) is 34.9 Å². The van der Waals surface area contributed by atoms with Crippen molar-refractivity contribution in [3.8, 4) is 5.75 Å². The molecule has 124 valence electrons. The fourth-order valence-electron chi connectivity index (χ4n) is 1.83. The van der Waals surface area contributed by atoms with Gasteiger partial charge in [0.1, 0.15) is 16.9 Å². The highest BCUT2D eigenvalue weighted by molar-refractivity contribution is 8.27. The number of amides is 1. The molecule has 2 rings (SSSR count). The molecule has 1 aromatic rings. The van der Waals surface area contributed by atoms with Crippen molar-refractivity contribution >= 4 is 39.9 Å². The number of thioether (sulfide) groups is 1. The zero-order valence-corrected chi connectivity index (χ0v) is 13.8. The highest BCUT2D eigenvalue weighted by Gasteiger charge is 2.37. The third-order valence-electron chi connectivity index (χ3n) is 2.86. The van der Waals surface area contributed by atoms with Crippen LogP contribution in [0.1, 0.15) is 12.5 Å². The van der Waals surface area contributed by atoms with Crippen LogP contribution >= 0.6 is 24.0 Å². The molecule has 1 aliphatic rings. The molecular weight excluding hydrogens is 351 g/mol. The highest BCUT2D eigenvalue weighted by atomic mass is 32.2. The fourth-order valence-corrected chi connectivity index (χ4v) is 3.05. The van der Waals surface area contributed by atoms with Crippen LogP contribution in [0.2, 0.25) is 0 Å². The smallest absolute Gasteiger partial charge is 0.416 e. The molecule has 1 fully saturated rings. The first-order valence-corrected chi connectivity index (χ1v) is 7.64. The largest absolute Gasteiger partial charge is 0.500 e. The van der Waals surface area contributed by atoms with Crippen molar-refractivity contribution in [2.24, 2.45) is 0 Å². The molecule has 0 aliphatic carbocycles. The lowest BCUT2D eigenvalue weighted by atomic mass is 10.1. The molecule has 0 aromatic heterocycles. The second kappa shape index (κ2) is 6.79. The van der Waals surface area contributed by atoms with Crippen LogP contribution in [0.3, 0.4) is 0 Å². The maximum Gasteiger partial charge on any atom is 0.416 e. The number of alkyl halides is 3. The number of hydrogen-bond donors (Lipinski definition) is 0. The highest BCUT2D eigenvalue weighted by Crippen LogP contribution is 2.39. The molecule has 1 amide bonds. The van der Waals surface area contributed by atoms with Crippen LogP contribution in [-0.4, -0.2) is 23.9 Å². The van der Waals surface area contributed by atoms with Gasteiger partial charge in [0.15, 0.2) is 4.32 Å². The van der Waals surface area contributed by atoms with E-state index in [1.165, 1.54) is 19.4 Å². The third-order valence-corrected chi connectivity index (χ3v) is 4.14. The Morgan fingerprint density at radius 3 is 2.61 bits per heavy atom. The van der Waals surface area contributed by atoms with Crippen LogP contribution in [0.25, 0.3) is 0 Å². The predicted molar refractivity (Wildman–Crippen MR) is 85.4 cm³/mol. The van der Waals surface area contributed by atoms with Crippen LogP contribution in [-0.2, 0) is 15.7 Å². The third kappa shape index (κ3) is 3.78. The van der Waals surface area contributed by atoms with Gasteiger partial charge < -0.3 is 9.47 Å². The number of ether oxygens (including phenoxy) is 2. The molecule has 0 spiro atoms. The summed E-state index contributed by atoms with van der Waals surface area (Å²) in [6.45, 7) is 2.11. The van der Waals surface area contributed by atoms with E-state index in [-0.39, 0.29) is 20.7 Å². The molecule has 23 heavy (non-hydrogen) atoms. The Labute approximate surface area is 140 Å². The van der Waals surface area contributed by atoms with Gasteiger partial charge in [0.25, 0.3) is 5.91 Å². The lowest BCUT2D eigenvalue weighted by molar-refractivity contribution is -0.137. The van der Waals surface area contributed by atoms with Crippen LogP contribution in [0.15, 0.2) is 29.4 Å². The molecule has 0 saturated carbocycles. The van der Waals surface area contributed by atoms with E-state index in [2.05, 4.69) is 0 Å². The van der Waals surface area contributed by atoms with Crippen molar-refractivity contribution in [1.82, 2.24) is 0 Å². The number of nitrogens with zero attached hydrogens (tertiary/aromatic N) is 1. The van der Waals surface area contributed by atoms with Gasteiger partial charge in [-0.1, -0.05) is 24.0 Å². The van der Waals surface area contributed by atoms with Crippen LogP contribution < -0.4 is 9.64 Å². The standard InChI is InChI=1S/C14H12F3NO3S2/c1-3-21-7-11-12(19)18(13(22)23-11)9-4-8(14(15,16)17)5-10(6-9)20-2/h4-7H,3H2,1-2H3/b11-7-. The van der Waals surface area contributed by atoms with Gasteiger partial charge in [-0.05, 0) is 19.1 Å². The first kappa shape index (κ1) is 17.6. The minimum Gasteiger partial charge on any atom is -0.500 e. The average Bonchev–Trinajstić information content (AvgIpc) is 2.78. The Morgan fingerprint density at radius 1 is 1.35 bits per heavy atom. The zero-order valence-electron chi connectivity index (χ0n) is 12.1. The second-order valence-electron chi connectivity index (χ2n) is 4.36. The molecule has 0 bridgehead atoms. The van der Waals surface area contributed by atoms with E-state index >= 15 is 0 Å². The maximum absolute atomic E-state index is 13.0. The monoisotopic (exact) mass is 363 g/mol. The fraction of sp³-hybridized carbons (Fsp3) is 0.286. The molecule has 1 heterocycles. The summed E-state index contributed by atoms with van der Waals surface area (Å²) in [7, 11) is 1.25. The number of benzene rings is 1. The van der Waals surface area contributed by atoms with Gasteiger partial charge in [0.2, 0.25) is 0 Å². The number of anilines is 1. The van der Waals surface area contributed by atoms with Gasteiger partial charge in [-0.25, -0.2) is 0 Å². The van der Waals surface area contributed by atoms with Gasteiger partial charge in [-0.2, -0.15) is 13.2 Å². The number of thiocarbonyl (C=S) groups is 1. The molecular formula is C14H12F3NO3S2. The lowest BCUT2D eigenvalue weighted by Gasteiger charge is -2.18. The molecule has 1 saturated heterocycles. The van der Waals surface area contributed by atoms with Crippen molar-refractivity contribution in [2.75, 3.05) is 18.6 Å². The van der Waals surface area contributed by atoms with Crippen molar-refractivity contribution in [3.63, 3.8) is 0 Å². The molecule has 1 aliphatic heterocycles. The number of carbonyl (C=O) groups is 1. The molecule has 0 radical (unpaired) electrons. The SMILES string of the molecule is CCO/C=C1\SC(=S)N(c2cc(OC)cc(C(F)(F)F)c2)C1=O. The first-order chi connectivity index (χ1) is 10.8. The first-order valence-electron chi connectivity index (χ1n) is 6.42. The quantitative estimate of drug-likeness (QED) is 0.460. The van der Waals surface area contributed by atoms with E-state index in [0.29, 0.717) is 6.61 Å². The number of carbonyl (C=O) groups excluding carboxylic acids is 1.